The molecular formula is C17H20O4S. The highest BCUT2D eigenvalue weighted by Gasteiger charge is 2.19. The number of aliphatic hydroxyl groups is 1. The molecule has 0 aliphatic heterocycles. The number of esters is 1. The molecule has 0 saturated heterocycles. The van der Waals surface area contributed by atoms with Gasteiger partial charge in [-0.1, -0.05) is 37.3 Å². The Kier molecular flexibility index (Phi) is 5.69. The maximum absolute atomic E-state index is 11.1. The quantitative estimate of drug-likeness (QED) is 0.565. The predicted molar refractivity (Wildman–Crippen MR) is 89.2 cm³/mol. The van der Waals surface area contributed by atoms with Crippen LogP contribution in [0.4, 0.5) is 0 Å². The first-order chi connectivity index (χ1) is 10.5. The number of rotatable bonds is 6. The van der Waals surface area contributed by atoms with E-state index in [1.807, 2.05) is 31.2 Å². The van der Waals surface area contributed by atoms with Gasteiger partial charge < -0.3 is 14.9 Å². The van der Waals surface area contributed by atoms with Gasteiger partial charge in [0, 0.05) is 5.39 Å². The highest BCUT2D eigenvalue weighted by Crippen LogP contribution is 2.34. The van der Waals surface area contributed by atoms with E-state index in [9.17, 15) is 15.0 Å². The summed E-state index contributed by atoms with van der Waals surface area (Å²) in [6, 6.07) is 10.7. The van der Waals surface area contributed by atoms with Gasteiger partial charge in [-0.3, -0.25) is 4.79 Å². The Balaban J connectivity index is 2.14. The van der Waals surface area contributed by atoms with Crippen LogP contribution in [0.15, 0.2) is 36.4 Å². The van der Waals surface area contributed by atoms with Gasteiger partial charge in [0.1, 0.15) is 5.75 Å². The molecule has 0 fully saturated rings. The number of benzene rings is 2. The monoisotopic (exact) mass is 320 g/mol. The first-order valence-corrected chi connectivity index (χ1v) is 7.83. The SMILES string of the molecule is C[C@H](CCOC(=O)CS)[C@@H](O)c1ccc(O)c2ccccc12. The molecule has 0 radical (unpaired) electrons. The minimum absolute atomic E-state index is 0.0551. The summed E-state index contributed by atoms with van der Waals surface area (Å²) in [5, 5.41) is 22.0. The van der Waals surface area contributed by atoms with Crippen LogP contribution < -0.4 is 0 Å². The number of fused-ring (bicyclic) bond motifs is 1. The molecule has 0 saturated carbocycles. The molecule has 0 aliphatic carbocycles. The lowest BCUT2D eigenvalue weighted by Gasteiger charge is -2.21. The zero-order chi connectivity index (χ0) is 16.1. The Bertz CT molecular complexity index is 656. The fraction of sp³-hybridized carbons (Fsp3) is 0.353. The summed E-state index contributed by atoms with van der Waals surface area (Å²) in [6.45, 7) is 2.16. The molecule has 22 heavy (non-hydrogen) atoms. The number of hydrogen-bond acceptors (Lipinski definition) is 5. The van der Waals surface area contributed by atoms with Crippen molar-refractivity contribution >= 4 is 29.4 Å². The van der Waals surface area contributed by atoms with E-state index in [-0.39, 0.29) is 30.0 Å². The van der Waals surface area contributed by atoms with E-state index >= 15 is 0 Å². The molecule has 0 unspecified atom stereocenters. The summed E-state index contributed by atoms with van der Waals surface area (Å²) in [6.07, 6.45) is -0.143. The van der Waals surface area contributed by atoms with Crippen molar-refractivity contribution in [2.24, 2.45) is 5.92 Å². The lowest BCUT2D eigenvalue weighted by Crippen LogP contribution is -2.14. The summed E-state index contributed by atoms with van der Waals surface area (Å²) >= 11 is 3.84. The third-order valence-electron chi connectivity index (χ3n) is 3.76. The topological polar surface area (TPSA) is 66.8 Å². The second kappa shape index (κ2) is 7.51. The van der Waals surface area contributed by atoms with E-state index < -0.39 is 6.10 Å². The van der Waals surface area contributed by atoms with Crippen LogP contribution in [0.3, 0.4) is 0 Å². The zero-order valence-electron chi connectivity index (χ0n) is 12.4. The Morgan fingerprint density at radius 2 is 1.91 bits per heavy atom. The number of phenolic OH excluding ortho intramolecular Hbond substituents is 1. The minimum Gasteiger partial charge on any atom is -0.507 e. The van der Waals surface area contributed by atoms with Crippen molar-refractivity contribution in [3.05, 3.63) is 42.0 Å². The van der Waals surface area contributed by atoms with Crippen LogP contribution in [-0.4, -0.2) is 28.5 Å². The van der Waals surface area contributed by atoms with Gasteiger partial charge >= 0.3 is 5.97 Å². The molecule has 0 aliphatic rings. The van der Waals surface area contributed by atoms with E-state index in [4.69, 9.17) is 4.74 Å². The third-order valence-corrected chi connectivity index (χ3v) is 4.02. The van der Waals surface area contributed by atoms with Crippen molar-refractivity contribution in [3.8, 4) is 5.75 Å². The molecule has 0 amide bonds. The predicted octanol–water partition coefficient (Wildman–Crippen LogP) is 3.08. The maximum Gasteiger partial charge on any atom is 0.315 e. The van der Waals surface area contributed by atoms with Crippen LogP contribution >= 0.6 is 12.6 Å². The van der Waals surface area contributed by atoms with Gasteiger partial charge in [-0.2, -0.15) is 12.6 Å². The van der Waals surface area contributed by atoms with Crippen molar-refractivity contribution in [3.63, 3.8) is 0 Å². The Morgan fingerprint density at radius 3 is 2.59 bits per heavy atom. The van der Waals surface area contributed by atoms with Crippen LogP contribution in [0.25, 0.3) is 10.8 Å². The number of aliphatic hydroxyl groups excluding tert-OH is 1. The van der Waals surface area contributed by atoms with E-state index in [0.29, 0.717) is 11.8 Å². The molecule has 2 atom stereocenters. The van der Waals surface area contributed by atoms with E-state index in [1.165, 1.54) is 0 Å². The molecule has 0 aromatic heterocycles. The molecule has 2 N–H and O–H groups in total. The van der Waals surface area contributed by atoms with E-state index in [2.05, 4.69) is 12.6 Å². The van der Waals surface area contributed by atoms with Crippen LogP contribution in [0.5, 0.6) is 5.75 Å². The molecule has 0 bridgehead atoms. The van der Waals surface area contributed by atoms with Gasteiger partial charge in [0.25, 0.3) is 0 Å². The minimum atomic E-state index is -0.694. The number of hydrogen-bond donors (Lipinski definition) is 3. The van der Waals surface area contributed by atoms with Gasteiger partial charge in [0.15, 0.2) is 0 Å². The molecule has 2 aromatic carbocycles. The van der Waals surface area contributed by atoms with Crippen molar-refractivity contribution in [2.45, 2.75) is 19.4 Å². The lowest BCUT2D eigenvalue weighted by atomic mass is 9.91. The van der Waals surface area contributed by atoms with Gasteiger partial charge in [0.05, 0.1) is 18.5 Å². The number of phenols is 1. The first-order valence-electron chi connectivity index (χ1n) is 7.19. The fourth-order valence-electron chi connectivity index (χ4n) is 2.43. The molecule has 2 rings (SSSR count). The molecule has 2 aromatic rings. The van der Waals surface area contributed by atoms with Crippen molar-refractivity contribution < 1.29 is 19.7 Å². The standard InChI is InChI=1S/C17H20O4S/c1-11(8-9-21-16(19)10-22)17(20)14-6-7-15(18)13-5-3-2-4-12(13)14/h2-7,11,17-18,20,22H,8-10H2,1H3/t11-,17-/m1/s1. The van der Waals surface area contributed by atoms with Crippen LogP contribution in [0.1, 0.15) is 25.0 Å². The zero-order valence-corrected chi connectivity index (χ0v) is 13.3. The number of aromatic hydroxyl groups is 1. The number of carbonyl (C=O) groups is 1. The smallest absolute Gasteiger partial charge is 0.315 e. The molecule has 5 heteroatoms. The average molecular weight is 320 g/mol. The highest BCUT2D eigenvalue weighted by molar-refractivity contribution is 7.81. The summed E-state index contributed by atoms with van der Waals surface area (Å²) in [7, 11) is 0. The molecule has 4 nitrogen and oxygen atoms in total. The second-order valence-corrected chi connectivity index (χ2v) is 5.63. The summed E-state index contributed by atoms with van der Waals surface area (Å²) in [5.41, 5.74) is 0.765. The normalized spacial score (nSPS) is 13.8. The summed E-state index contributed by atoms with van der Waals surface area (Å²) in [5.74, 6) is -0.192. The molecule has 0 heterocycles. The van der Waals surface area contributed by atoms with Crippen molar-refractivity contribution in [1.29, 1.82) is 0 Å². The van der Waals surface area contributed by atoms with Gasteiger partial charge in [-0.25, -0.2) is 0 Å². The van der Waals surface area contributed by atoms with Crippen LogP contribution in [0.2, 0.25) is 0 Å². The van der Waals surface area contributed by atoms with Gasteiger partial charge in [-0.15, -0.1) is 0 Å². The Morgan fingerprint density at radius 1 is 1.23 bits per heavy atom. The molecular weight excluding hydrogens is 300 g/mol. The van der Waals surface area contributed by atoms with E-state index in [1.54, 1.807) is 12.1 Å². The summed E-state index contributed by atoms with van der Waals surface area (Å²) in [4.78, 5) is 11.1. The Hall–Kier alpha value is -1.72. The van der Waals surface area contributed by atoms with Gasteiger partial charge in [0.2, 0.25) is 0 Å². The van der Waals surface area contributed by atoms with Crippen LogP contribution in [-0.2, 0) is 9.53 Å². The number of carbonyl (C=O) groups excluding carboxylic acids is 1. The van der Waals surface area contributed by atoms with Crippen molar-refractivity contribution in [2.75, 3.05) is 12.4 Å². The largest absolute Gasteiger partial charge is 0.507 e. The first kappa shape index (κ1) is 16.6. The second-order valence-electron chi connectivity index (χ2n) is 5.31. The van der Waals surface area contributed by atoms with Gasteiger partial charge in [-0.05, 0) is 29.4 Å². The van der Waals surface area contributed by atoms with Crippen molar-refractivity contribution in [1.82, 2.24) is 0 Å². The third kappa shape index (κ3) is 3.72. The number of ether oxygens (including phenoxy) is 1. The summed E-state index contributed by atoms with van der Waals surface area (Å²) < 4.78 is 4.99. The van der Waals surface area contributed by atoms with Crippen LogP contribution in [0, 0.1) is 5.92 Å². The average Bonchev–Trinajstić information content (AvgIpc) is 2.54. The fourth-order valence-corrected chi connectivity index (χ4v) is 2.52. The highest BCUT2D eigenvalue weighted by atomic mass is 32.1. The maximum atomic E-state index is 11.1. The molecule has 118 valence electrons. The lowest BCUT2D eigenvalue weighted by molar-refractivity contribution is -0.141. The number of thiol groups is 1. The molecule has 0 spiro atoms. The Labute approximate surface area is 135 Å². The van der Waals surface area contributed by atoms with E-state index in [0.717, 1.165) is 10.9 Å².